The molecule has 7 heteroatoms. The summed E-state index contributed by atoms with van der Waals surface area (Å²) in [5.74, 6) is 0. The Bertz CT molecular complexity index is 438. The summed E-state index contributed by atoms with van der Waals surface area (Å²) >= 11 is 0. The summed E-state index contributed by atoms with van der Waals surface area (Å²) in [5, 5.41) is 11.3. The summed E-state index contributed by atoms with van der Waals surface area (Å²) in [4.78, 5) is 13.1. The van der Waals surface area contributed by atoms with E-state index in [4.69, 9.17) is 0 Å². The number of hydrogen-bond donors (Lipinski definition) is 1. The Balaban J connectivity index is 2.64. The molecular weight excluding hydrogens is 264 g/mol. The first-order chi connectivity index (χ1) is 8.79. The predicted molar refractivity (Wildman–Crippen MR) is 78.5 cm³/mol. The quantitative estimate of drug-likeness (QED) is 0.805. The van der Waals surface area contributed by atoms with Crippen molar-refractivity contribution in [1.29, 1.82) is 0 Å². The van der Waals surface area contributed by atoms with Crippen LogP contribution in [0.25, 0.3) is 0 Å². The first-order valence-corrected chi connectivity index (χ1v) is 7.53. The highest BCUT2D eigenvalue weighted by Crippen LogP contribution is 2.23. The lowest BCUT2D eigenvalue weighted by atomic mass is 9.99. The van der Waals surface area contributed by atoms with E-state index in [0.717, 1.165) is 12.8 Å². The number of hydrogen-bond acceptors (Lipinski definition) is 4. The van der Waals surface area contributed by atoms with E-state index in [1.807, 2.05) is 20.8 Å². The fourth-order valence-corrected chi connectivity index (χ4v) is 2.74. The molecule has 0 aromatic rings. The molecular formula is C12H22N4O2S. The molecule has 6 nitrogen and oxygen atoms in total. The third kappa shape index (κ3) is 3.86. The Hall–Kier alpha value is -1.24. The number of amides is 2. The summed E-state index contributed by atoms with van der Waals surface area (Å²) < 4.78 is 12.3. The van der Waals surface area contributed by atoms with Crippen molar-refractivity contribution in [2.75, 3.05) is 13.6 Å². The molecule has 1 unspecified atom stereocenters. The number of unbranched alkanes of at least 4 members (excludes halogenated alkanes) is 1. The summed E-state index contributed by atoms with van der Waals surface area (Å²) in [6, 6.07) is -0.300. The van der Waals surface area contributed by atoms with Gasteiger partial charge in [-0.05, 0) is 6.42 Å². The van der Waals surface area contributed by atoms with Crippen LogP contribution in [0.1, 0.15) is 40.5 Å². The minimum atomic E-state index is -1.46. The highest BCUT2D eigenvalue weighted by molar-refractivity contribution is 8.14. The van der Waals surface area contributed by atoms with E-state index in [2.05, 4.69) is 22.4 Å². The Morgan fingerprint density at radius 1 is 1.37 bits per heavy atom. The van der Waals surface area contributed by atoms with Crippen molar-refractivity contribution in [1.82, 2.24) is 10.2 Å². The van der Waals surface area contributed by atoms with Crippen molar-refractivity contribution >= 4 is 27.0 Å². The number of amidine groups is 1. The SMILES string of the molecule is CCCCNC(=O)N(C)C1=NN=C(C(C)(C)C)S1=O. The van der Waals surface area contributed by atoms with Gasteiger partial charge >= 0.3 is 6.03 Å². The van der Waals surface area contributed by atoms with Gasteiger partial charge in [0.15, 0.2) is 0 Å². The topological polar surface area (TPSA) is 74.1 Å². The van der Waals surface area contributed by atoms with E-state index >= 15 is 0 Å². The molecule has 19 heavy (non-hydrogen) atoms. The second-order valence-electron chi connectivity index (χ2n) is 5.45. The number of urea groups is 1. The molecule has 0 bridgehead atoms. The van der Waals surface area contributed by atoms with E-state index in [1.165, 1.54) is 4.90 Å². The third-order valence-electron chi connectivity index (χ3n) is 2.61. The maximum atomic E-state index is 12.3. The molecule has 1 atom stereocenters. The summed E-state index contributed by atoms with van der Waals surface area (Å²) in [5.41, 5.74) is -0.324. The number of carbonyl (C=O) groups is 1. The van der Waals surface area contributed by atoms with Gasteiger partial charge < -0.3 is 5.32 Å². The van der Waals surface area contributed by atoms with E-state index in [-0.39, 0.29) is 16.6 Å². The van der Waals surface area contributed by atoms with Crippen LogP contribution in [0.3, 0.4) is 0 Å². The van der Waals surface area contributed by atoms with Gasteiger partial charge in [0, 0.05) is 19.0 Å². The number of rotatable bonds is 3. The van der Waals surface area contributed by atoms with Crippen LogP contribution in [0.5, 0.6) is 0 Å². The molecule has 1 rings (SSSR count). The number of nitrogens with one attached hydrogen (secondary N) is 1. The Morgan fingerprint density at radius 2 is 2.00 bits per heavy atom. The molecule has 0 fully saturated rings. The third-order valence-corrected chi connectivity index (χ3v) is 4.34. The monoisotopic (exact) mass is 286 g/mol. The van der Waals surface area contributed by atoms with Crippen LogP contribution in [0, 0.1) is 5.41 Å². The van der Waals surface area contributed by atoms with E-state index in [9.17, 15) is 9.00 Å². The zero-order valence-electron chi connectivity index (χ0n) is 12.2. The van der Waals surface area contributed by atoms with Crippen LogP contribution in [0.4, 0.5) is 4.79 Å². The van der Waals surface area contributed by atoms with E-state index in [1.54, 1.807) is 7.05 Å². The molecule has 1 heterocycles. The van der Waals surface area contributed by atoms with Gasteiger partial charge in [0.05, 0.1) is 0 Å². The fourth-order valence-electron chi connectivity index (χ4n) is 1.45. The van der Waals surface area contributed by atoms with Crippen molar-refractivity contribution in [2.45, 2.75) is 40.5 Å². The first-order valence-electron chi connectivity index (χ1n) is 6.38. The van der Waals surface area contributed by atoms with Gasteiger partial charge in [0.25, 0.3) is 0 Å². The number of nitrogens with zero attached hydrogens (tertiary/aromatic N) is 3. The average Bonchev–Trinajstić information content (AvgIpc) is 2.70. The van der Waals surface area contributed by atoms with Crippen molar-refractivity contribution < 1.29 is 9.00 Å². The van der Waals surface area contributed by atoms with Gasteiger partial charge in [0.1, 0.15) is 15.8 Å². The zero-order valence-corrected chi connectivity index (χ0v) is 13.0. The van der Waals surface area contributed by atoms with Crippen molar-refractivity contribution in [2.24, 2.45) is 15.6 Å². The van der Waals surface area contributed by atoms with Crippen molar-refractivity contribution in [3.05, 3.63) is 0 Å². The lowest BCUT2D eigenvalue weighted by molar-refractivity contribution is 0.227. The summed E-state index contributed by atoms with van der Waals surface area (Å²) in [6.45, 7) is 8.42. The van der Waals surface area contributed by atoms with Crippen molar-refractivity contribution in [3.8, 4) is 0 Å². The lowest BCUT2D eigenvalue weighted by Crippen LogP contribution is -2.44. The van der Waals surface area contributed by atoms with Gasteiger partial charge in [0.2, 0.25) is 5.17 Å². The van der Waals surface area contributed by atoms with Gasteiger partial charge in [-0.15, -0.1) is 10.2 Å². The largest absolute Gasteiger partial charge is 0.338 e. The minimum absolute atomic E-state index is 0.193. The van der Waals surface area contributed by atoms with Crippen LogP contribution in [-0.2, 0) is 10.8 Å². The molecule has 0 radical (unpaired) electrons. The van der Waals surface area contributed by atoms with Gasteiger partial charge in [-0.3, -0.25) is 4.90 Å². The standard InChI is InChI=1S/C12H22N4O2S/c1-6-7-8-13-10(17)16(5)11-15-14-9(19(11)18)12(2,3)4/h6-8H2,1-5H3,(H,13,17). The molecule has 0 aromatic heterocycles. The molecule has 0 saturated heterocycles. The second-order valence-corrected chi connectivity index (χ2v) is 6.74. The smallest absolute Gasteiger partial charge is 0.323 e. The number of carbonyl (C=O) groups excluding carboxylic acids is 1. The maximum Gasteiger partial charge on any atom is 0.323 e. The van der Waals surface area contributed by atoms with Crippen LogP contribution in [-0.4, -0.2) is 38.9 Å². The molecule has 1 aliphatic rings. The molecule has 1 N–H and O–H groups in total. The van der Waals surface area contributed by atoms with Crippen LogP contribution >= 0.6 is 0 Å². The average molecular weight is 286 g/mol. The van der Waals surface area contributed by atoms with Crippen LogP contribution < -0.4 is 5.32 Å². The fraction of sp³-hybridized carbons (Fsp3) is 0.750. The Morgan fingerprint density at radius 3 is 2.47 bits per heavy atom. The van der Waals surface area contributed by atoms with E-state index in [0.29, 0.717) is 11.6 Å². The van der Waals surface area contributed by atoms with Gasteiger partial charge in [-0.2, -0.15) is 0 Å². The van der Waals surface area contributed by atoms with E-state index < -0.39 is 10.8 Å². The van der Waals surface area contributed by atoms with Crippen LogP contribution in [0.2, 0.25) is 0 Å². The normalized spacial score (nSPS) is 18.9. The molecule has 1 aliphatic heterocycles. The maximum absolute atomic E-state index is 12.3. The molecule has 0 saturated carbocycles. The molecule has 0 aliphatic carbocycles. The van der Waals surface area contributed by atoms with Crippen LogP contribution in [0.15, 0.2) is 10.2 Å². The van der Waals surface area contributed by atoms with Gasteiger partial charge in [-0.25, -0.2) is 9.00 Å². The predicted octanol–water partition coefficient (Wildman–Crippen LogP) is 1.91. The highest BCUT2D eigenvalue weighted by atomic mass is 32.2. The molecule has 2 amide bonds. The zero-order chi connectivity index (χ0) is 14.6. The summed E-state index contributed by atoms with van der Waals surface area (Å²) in [6.07, 6.45) is 1.92. The minimum Gasteiger partial charge on any atom is -0.338 e. The lowest BCUT2D eigenvalue weighted by Gasteiger charge is -2.20. The Kier molecular flexibility index (Phi) is 5.22. The van der Waals surface area contributed by atoms with Gasteiger partial charge in [-0.1, -0.05) is 34.1 Å². The Labute approximate surface area is 116 Å². The highest BCUT2D eigenvalue weighted by Gasteiger charge is 2.35. The summed E-state index contributed by atoms with van der Waals surface area (Å²) in [7, 11) is 0.0939. The molecule has 0 spiro atoms. The molecule has 0 aromatic carbocycles. The first kappa shape index (κ1) is 15.8. The molecule has 108 valence electrons. The van der Waals surface area contributed by atoms with Crippen molar-refractivity contribution in [3.63, 3.8) is 0 Å². The second kappa shape index (κ2) is 6.27.